The van der Waals surface area contributed by atoms with Gasteiger partial charge >= 0.3 is 5.91 Å². The first-order chi connectivity index (χ1) is 12.9. The molecule has 27 heavy (non-hydrogen) atoms. The normalized spacial score (nSPS) is 11.0. The number of thiophene rings is 1. The van der Waals surface area contributed by atoms with Crippen molar-refractivity contribution in [3.05, 3.63) is 71.0 Å². The highest BCUT2D eigenvalue weighted by atomic mass is 32.2. The molecule has 0 atom stereocenters. The Kier molecular flexibility index (Phi) is 5.28. The van der Waals surface area contributed by atoms with Crippen LogP contribution >= 0.6 is 11.3 Å². The minimum absolute atomic E-state index is 0.105. The predicted molar refractivity (Wildman–Crippen MR) is 99.9 cm³/mol. The number of aryl methyl sites for hydroxylation is 1. The van der Waals surface area contributed by atoms with Crippen molar-refractivity contribution in [2.24, 2.45) is 0 Å². The number of carbonyl (C=O) groups is 2. The summed E-state index contributed by atoms with van der Waals surface area (Å²) in [6.07, 6.45) is 1.38. The van der Waals surface area contributed by atoms with Gasteiger partial charge in [-0.2, -0.15) is 0 Å². The Labute approximate surface area is 159 Å². The lowest BCUT2D eigenvalue weighted by Gasteiger charge is -2.09. The second-order valence-electron chi connectivity index (χ2n) is 5.46. The monoisotopic (exact) mass is 405 g/mol. The third kappa shape index (κ3) is 4.36. The molecule has 0 aliphatic heterocycles. The minimum atomic E-state index is -3.65. The number of rotatable bonds is 5. The van der Waals surface area contributed by atoms with Gasteiger partial charge in [-0.15, -0.1) is 11.3 Å². The average Bonchev–Trinajstić information content (AvgIpc) is 3.31. The fourth-order valence-corrected chi connectivity index (χ4v) is 4.21. The smallest absolute Gasteiger partial charge is 0.305 e. The maximum atomic E-state index is 12.2. The second kappa shape index (κ2) is 7.64. The molecule has 10 heteroatoms. The van der Waals surface area contributed by atoms with Crippen LogP contribution in [0.2, 0.25) is 0 Å². The molecule has 0 fully saturated rings. The van der Waals surface area contributed by atoms with Crippen LogP contribution in [0.1, 0.15) is 26.5 Å². The Morgan fingerprint density at radius 2 is 1.70 bits per heavy atom. The summed E-state index contributed by atoms with van der Waals surface area (Å²) in [7, 11) is -3.65. The van der Waals surface area contributed by atoms with Crippen LogP contribution in [0.25, 0.3) is 0 Å². The van der Waals surface area contributed by atoms with Crippen LogP contribution in [0.15, 0.2) is 62.7 Å². The summed E-state index contributed by atoms with van der Waals surface area (Å²) >= 11 is 1.10. The number of anilines is 1. The fraction of sp³-hybridized carbons (Fsp3) is 0.0588. The van der Waals surface area contributed by atoms with E-state index in [1.165, 1.54) is 36.6 Å². The summed E-state index contributed by atoms with van der Waals surface area (Å²) < 4.78 is 32.0. The number of hydrogen-bond acceptors (Lipinski definition) is 6. The van der Waals surface area contributed by atoms with Gasteiger partial charge in [0.2, 0.25) is 0 Å². The quantitative estimate of drug-likeness (QED) is 0.564. The van der Waals surface area contributed by atoms with Crippen molar-refractivity contribution < 1.29 is 22.4 Å². The third-order valence-corrected chi connectivity index (χ3v) is 6.30. The number of amides is 2. The molecule has 140 valence electrons. The molecule has 0 saturated carbocycles. The first-order valence-electron chi connectivity index (χ1n) is 7.68. The summed E-state index contributed by atoms with van der Waals surface area (Å²) in [5, 5.41) is 1.67. The van der Waals surface area contributed by atoms with Crippen LogP contribution in [0, 0.1) is 6.92 Å². The summed E-state index contributed by atoms with van der Waals surface area (Å²) in [5.74, 6) is -1.03. The molecule has 0 aliphatic carbocycles. The van der Waals surface area contributed by atoms with Crippen molar-refractivity contribution in [1.82, 2.24) is 10.9 Å². The van der Waals surface area contributed by atoms with E-state index < -0.39 is 21.8 Å². The zero-order chi connectivity index (χ0) is 19.4. The maximum Gasteiger partial charge on any atom is 0.305 e. The molecule has 8 nitrogen and oxygen atoms in total. The van der Waals surface area contributed by atoms with E-state index in [0.29, 0.717) is 11.3 Å². The SMILES string of the molecule is Cc1ccoc1C(=O)NNC(=O)c1ccc(NS(=O)(=O)c2cccs2)cc1. The Bertz CT molecular complexity index is 1050. The summed E-state index contributed by atoms with van der Waals surface area (Å²) in [6, 6.07) is 10.6. The zero-order valence-electron chi connectivity index (χ0n) is 14.1. The summed E-state index contributed by atoms with van der Waals surface area (Å²) in [5.41, 5.74) is 5.72. The molecular formula is C17H15N3O5S2. The molecule has 3 rings (SSSR count). The van der Waals surface area contributed by atoms with Gasteiger partial charge < -0.3 is 4.42 Å². The molecule has 0 unspecified atom stereocenters. The van der Waals surface area contributed by atoms with E-state index in [1.54, 1.807) is 24.4 Å². The lowest BCUT2D eigenvalue weighted by atomic mass is 10.2. The Morgan fingerprint density at radius 1 is 1.00 bits per heavy atom. The van der Waals surface area contributed by atoms with Crippen LogP contribution < -0.4 is 15.6 Å². The van der Waals surface area contributed by atoms with Gasteiger partial charge in [-0.25, -0.2) is 8.42 Å². The number of hydrogen-bond donors (Lipinski definition) is 3. The van der Waals surface area contributed by atoms with Crippen LogP contribution in [0.3, 0.4) is 0 Å². The Morgan fingerprint density at radius 3 is 2.30 bits per heavy atom. The molecule has 0 bridgehead atoms. The Hall–Kier alpha value is -3.11. The molecule has 0 radical (unpaired) electrons. The maximum absolute atomic E-state index is 12.2. The number of benzene rings is 1. The molecular weight excluding hydrogens is 390 g/mol. The highest BCUT2D eigenvalue weighted by molar-refractivity contribution is 7.94. The third-order valence-electron chi connectivity index (χ3n) is 3.52. The van der Waals surface area contributed by atoms with Crippen LogP contribution in [-0.4, -0.2) is 20.2 Å². The van der Waals surface area contributed by atoms with Crippen molar-refractivity contribution in [2.75, 3.05) is 4.72 Å². The molecule has 2 amide bonds. The van der Waals surface area contributed by atoms with Gasteiger partial charge in [0, 0.05) is 16.8 Å². The summed E-state index contributed by atoms with van der Waals surface area (Å²) in [4.78, 5) is 24.0. The van der Waals surface area contributed by atoms with Crippen LogP contribution in [0.5, 0.6) is 0 Å². The van der Waals surface area contributed by atoms with Gasteiger partial charge in [-0.3, -0.25) is 25.2 Å². The first kappa shape index (κ1) is 18.7. The number of furan rings is 1. The van der Waals surface area contributed by atoms with Crippen molar-refractivity contribution in [3.63, 3.8) is 0 Å². The molecule has 0 spiro atoms. The van der Waals surface area contributed by atoms with E-state index in [0.717, 1.165) is 11.3 Å². The van der Waals surface area contributed by atoms with Crippen molar-refractivity contribution in [2.45, 2.75) is 11.1 Å². The molecule has 2 heterocycles. The van der Waals surface area contributed by atoms with E-state index in [2.05, 4.69) is 15.6 Å². The van der Waals surface area contributed by atoms with Gasteiger partial charge in [0.25, 0.3) is 15.9 Å². The van der Waals surface area contributed by atoms with Crippen LogP contribution in [0.4, 0.5) is 5.69 Å². The standard InChI is InChI=1S/C17H15N3O5S2/c1-11-8-9-25-15(11)17(22)19-18-16(21)12-4-6-13(7-5-12)20-27(23,24)14-3-2-10-26-14/h2-10,20H,1H3,(H,18,21)(H,19,22). The van der Waals surface area contributed by atoms with Gasteiger partial charge in [-0.1, -0.05) is 6.07 Å². The largest absolute Gasteiger partial charge is 0.459 e. The van der Waals surface area contributed by atoms with E-state index in [-0.39, 0.29) is 15.5 Å². The topological polar surface area (TPSA) is 118 Å². The molecule has 0 saturated heterocycles. The van der Waals surface area contributed by atoms with Gasteiger partial charge in [0.15, 0.2) is 5.76 Å². The molecule has 1 aromatic carbocycles. The number of sulfonamides is 1. The lowest BCUT2D eigenvalue weighted by Crippen LogP contribution is -2.41. The van der Waals surface area contributed by atoms with Crippen molar-refractivity contribution in [3.8, 4) is 0 Å². The van der Waals surface area contributed by atoms with Gasteiger partial charge in [0.05, 0.1) is 6.26 Å². The van der Waals surface area contributed by atoms with Gasteiger partial charge in [0.1, 0.15) is 4.21 Å². The van der Waals surface area contributed by atoms with Gasteiger partial charge in [-0.05, 0) is 48.7 Å². The van der Waals surface area contributed by atoms with E-state index in [4.69, 9.17) is 4.42 Å². The first-order valence-corrected chi connectivity index (χ1v) is 10.0. The molecule has 0 aliphatic rings. The molecule has 3 N–H and O–H groups in total. The molecule has 2 aromatic heterocycles. The highest BCUT2D eigenvalue weighted by Gasteiger charge is 2.16. The number of nitrogens with one attached hydrogen (secondary N) is 3. The number of carbonyl (C=O) groups excluding carboxylic acids is 2. The fourth-order valence-electron chi connectivity index (χ4n) is 2.16. The van der Waals surface area contributed by atoms with Crippen LogP contribution in [-0.2, 0) is 10.0 Å². The van der Waals surface area contributed by atoms with E-state index >= 15 is 0 Å². The minimum Gasteiger partial charge on any atom is -0.459 e. The highest BCUT2D eigenvalue weighted by Crippen LogP contribution is 2.20. The predicted octanol–water partition coefficient (Wildman–Crippen LogP) is 2.53. The van der Waals surface area contributed by atoms with E-state index in [9.17, 15) is 18.0 Å². The number of hydrazine groups is 1. The van der Waals surface area contributed by atoms with E-state index in [1.807, 2.05) is 0 Å². The Balaban J connectivity index is 1.61. The molecule has 3 aromatic rings. The lowest BCUT2D eigenvalue weighted by molar-refractivity contribution is 0.0830. The summed E-state index contributed by atoms with van der Waals surface area (Å²) in [6.45, 7) is 1.70. The average molecular weight is 405 g/mol. The van der Waals surface area contributed by atoms with Crippen molar-refractivity contribution in [1.29, 1.82) is 0 Å². The second-order valence-corrected chi connectivity index (χ2v) is 8.31. The van der Waals surface area contributed by atoms with Crippen molar-refractivity contribution >= 4 is 38.9 Å². The zero-order valence-corrected chi connectivity index (χ0v) is 15.7.